The van der Waals surface area contributed by atoms with E-state index < -0.39 is 0 Å². The van der Waals surface area contributed by atoms with Gasteiger partial charge in [0.2, 0.25) is 0 Å². The molecule has 2 rings (SSSR count). The van der Waals surface area contributed by atoms with Crippen molar-refractivity contribution in [1.29, 1.82) is 0 Å². The van der Waals surface area contributed by atoms with Crippen LogP contribution in [-0.4, -0.2) is 0 Å². The Morgan fingerprint density at radius 3 is 2.20 bits per heavy atom. The molecule has 0 heterocycles. The zero-order valence-electron chi connectivity index (χ0n) is 13.6. The Bertz CT molecular complexity index is 381. The molecule has 0 heteroatoms. The highest BCUT2D eigenvalue weighted by atomic mass is 14.2. The lowest BCUT2D eigenvalue weighted by atomic mass is 9.81. The van der Waals surface area contributed by atoms with Crippen LogP contribution in [0.4, 0.5) is 0 Å². The minimum Gasteiger partial charge on any atom is -0.0807 e. The molecule has 1 unspecified atom stereocenters. The maximum atomic E-state index is 2.59. The number of hydrogen-bond acceptors (Lipinski definition) is 0. The van der Waals surface area contributed by atoms with Gasteiger partial charge in [-0.15, -0.1) is 0 Å². The van der Waals surface area contributed by atoms with Crippen LogP contribution in [0.1, 0.15) is 84.5 Å². The van der Waals surface area contributed by atoms with Crippen molar-refractivity contribution in [3.63, 3.8) is 0 Å². The summed E-state index contributed by atoms with van der Waals surface area (Å²) in [6.07, 6.45) is 22.7. The van der Waals surface area contributed by atoms with Crippen molar-refractivity contribution < 1.29 is 0 Å². The summed E-state index contributed by atoms with van der Waals surface area (Å²) in [7, 11) is 0. The van der Waals surface area contributed by atoms with Crippen LogP contribution in [0.5, 0.6) is 0 Å². The molecule has 0 radical (unpaired) electrons. The molecular weight excluding hydrogens is 240 g/mol. The Balaban J connectivity index is 2.14. The molecule has 2 aliphatic rings. The van der Waals surface area contributed by atoms with Crippen LogP contribution in [0, 0.1) is 5.92 Å². The third-order valence-corrected chi connectivity index (χ3v) is 4.94. The van der Waals surface area contributed by atoms with Crippen LogP contribution >= 0.6 is 0 Å². The first-order valence-corrected chi connectivity index (χ1v) is 8.96. The second-order valence-corrected chi connectivity index (χ2v) is 6.43. The summed E-state index contributed by atoms with van der Waals surface area (Å²) in [6, 6.07) is 0. The monoisotopic (exact) mass is 272 g/mol. The van der Waals surface area contributed by atoms with Gasteiger partial charge in [-0.2, -0.15) is 0 Å². The molecule has 20 heavy (non-hydrogen) atoms. The summed E-state index contributed by atoms with van der Waals surface area (Å²) in [5.74, 6) is 0.708. The van der Waals surface area contributed by atoms with Crippen LogP contribution in [0.3, 0.4) is 0 Å². The van der Waals surface area contributed by atoms with Crippen molar-refractivity contribution in [3.05, 3.63) is 34.9 Å². The third-order valence-electron chi connectivity index (χ3n) is 4.94. The van der Waals surface area contributed by atoms with Crippen LogP contribution in [-0.2, 0) is 0 Å². The zero-order chi connectivity index (χ0) is 14.2. The quantitative estimate of drug-likeness (QED) is 0.522. The maximum Gasteiger partial charge on any atom is 0.00208 e. The second kappa shape index (κ2) is 8.49. The van der Waals surface area contributed by atoms with Crippen LogP contribution in [0.2, 0.25) is 0 Å². The Labute approximate surface area is 126 Å². The predicted molar refractivity (Wildman–Crippen MR) is 89.9 cm³/mol. The maximum absolute atomic E-state index is 2.59. The van der Waals surface area contributed by atoms with Gasteiger partial charge in [0.05, 0.1) is 0 Å². The first kappa shape index (κ1) is 15.6. The van der Waals surface area contributed by atoms with Crippen molar-refractivity contribution in [2.24, 2.45) is 5.92 Å². The highest BCUT2D eigenvalue weighted by Crippen LogP contribution is 2.34. The summed E-state index contributed by atoms with van der Waals surface area (Å²) in [5.41, 5.74) is 4.82. The topological polar surface area (TPSA) is 0 Å². The number of rotatable bonds is 2. The van der Waals surface area contributed by atoms with Gasteiger partial charge in [0.25, 0.3) is 0 Å². The van der Waals surface area contributed by atoms with E-state index in [0.29, 0.717) is 5.92 Å². The minimum atomic E-state index is 0.708. The van der Waals surface area contributed by atoms with E-state index >= 15 is 0 Å². The fourth-order valence-corrected chi connectivity index (χ4v) is 3.64. The van der Waals surface area contributed by atoms with E-state index in [0.717, 1.165) is 0 Å². The van der Waals surface area contributed by atoms with Gasteiger partial charge >= 0.3 is 0 Å². The molecule has 0 fully saturated rings. The standard InChI is InChI=1S/C20H32/c1-3-17-15-19-13-11-9-7-5-6-8-10-12-14-20(19)16-18(17)4-2/h13,15-16,20H,3-12,14H2,1-2H3. The Kier molecular flexibility index (Phi) is 6.63. The van der Waals surface area contributed by atoms with Crippen molar-refractivity contribution in [2.45, 2.75) is 84.5 Å². The van der Waals surface area contributed by atoms with E-state index in [-0.39, 0.29) is 0 Å². The van der Waals surface area contributed by atoms with Crippen molar-refractivity contribution in [3.8, 4) is 0 Å². The highest BCUT2D eigenvalue weighted by Gasteiger charge is 2.17. The molecule has 0 aliphatic heterocycles. The molecule has 1 atom stereocenters. The summed E-state index contributed by atoms with van der Waals surface area (Å²) >= 11 is 0. The molecule has 0 saturated carbocycles. The third kappa shape index (κ3) is 4.36. The number of fused-ring (bicyclic) bond motifs is 1. The van der Waals surface area contributed by atoms with Gasteiger partial charge in [0.15, 0.2) is 0 Å². The van der Waals surface area contributed by atoms with Gasteiger partial charge in [0, 0.05) is 5.92 Å². The van der Waals surface area contributed by atoms with E-state index in [4.69, 9.17) is 0 Å². The molecule has 0 saturated heterocycles. The summed E-state index contributed by atoms with van der Waals surface area (Å²) < 4.78 is 0. The predicted octanol–water partition coefficient (Wildman–Crippen LogP) is 6.74. The van der Waals surface area contributed by atoms with Crippen LogP contribution in [0.15, 0.2) is 34.9 Å². The van der Waals surface area contributed by atoms with Gasteiger partial charge in [-0.25, -0.2) is 0 Å². The molecular formula is C20H32. The molecule has 0 aromatic heterocycles. The van der Waals surface area contributed by atoms with Crippen molar-refractivity contribution in [1.82, 2.24) is 0 Å². The minimum absolute atomic E-state index is 0.708. The molecule has 0 bridgehead atoms. The number of hydrogen-bond donors (Lipinski definition) is 0. The van der Waals surface area contributed by atoms with E-state index in [1.54, 1.807) is 16.7 Å². The summed E-state index contributed by atoms with van der Waals surface area (Å²) in [4.78, 5) is 0. The van der Waals surface area contributed by atoms with E-state index in [9.17, 15) is 0 Å². The summed E-state index contributed by atoms with van der Waals surface area (Å²) in [5, 5.41) is 0. The highest BCUT2D eigenvalue weighted by molar-refractivity contribution is 5.44. The summed E-state index contributed by atoms with van der Waals surface area (Å²) in [6.45, 7) is 4.60. The molecule has 2 aliphatic carbocycles. The fraction of sp³-hybridized carbons (Fsp3) is 0.700. The SMILES string of the molecule is CCC1=CC2=CCCCCCCCCCC2C=C1CC. The normalized spacial score (nSPS) is 25.5. The smallest absolute Gasteiger partial charge is 0.00208 e. The Morgan fingerprint density at radius 1 is 0.850 bits per heavy atom. The molecule has 0 amide bonds. The molecule has 0 spiro atoms. The van der Waals surface area contributed by atoms with Gasteiger partial charge in [-0.05, 0) is 48.8 Å². The second-order valence-electron chi connectivity index (χ2n) is 6.43. The van der Waals surface area contributed by atoms with Gasteiger partial charge < -0.3 is 0 Å². The average Bonchev–Trinajstić information content (AvgIpc) is 2.47. The van der Waals surface area contributed by atoms with Crippen LogP contribution in [0.25, 0.3) is 0 Å². The van der Waals surface area contributed by atoms with E-state index in [1.165, 1.54) is 70.6 Å². The lowest BCUT2D eigenvalue weighted by Crippen LogP contribution is -2.08. The van der Waals surface area contributed by atoms with E-state index in [2.05, 4.69) is 32.1 Å². The Hall–Kier alpha value is -0.780. The van der Waals surface area contributed by atoms with E-state index in [1.807, 2.05) is 0 Å². The van der Waals surface area contributed by atoms with Crippen molar-refractivity contribution in [2.75, 3.05) is 0 Å². The fourth-order valence-electron chi connectivity index (χ4n) is 3.64. The van der Waals surface area contributed by atoms with Crippen LogP contribution < -0.4 is 0 Å². The largest absolute Gasteiger partial charge is 0.0807 e. The molecule has 0 nitrogen and oxygen atoms in total. The van der Waals surface area contributed by atoms with Gasteiger partial charge in [0.1, 0.15) is 0 Å². The molecule has 0 aromatic rings. The zero-order valence-corrected chi connectivity index (χ0v) is 13.6. The first-order valence-electron chi connectivity index (χ1n) is 8.96. The average molecular weight is 272 g/mol. The van der Waals surface area contributed by atoms with Gasteiger partial charge in [-0.1, -0.05) is 70.6 Å². The number of allylic oxidation sites excluding steroid dienone is 6. The first-order chi connectivity index (χ1) is 9.85. The van der Waals surface area contributed by atoms with Crippen molar-refractivity contribution >= 4 is 0 Å². The Morgan fingerprint density at radius 2 is 1.50 bits per heavy atom. The molecule has 0 N–H and O–H groups in total. The van der Waals surface area contributed by atoms with Gasteiger partial charge in [-0.3, -0.25) is 0 Å². The lowest BCUT2D eigenvalue weighted by molar-refractivity contribution is 0.535. The molecule has 112 valence electrons. The lowest BCUT2D eigenvalue weighted by Gasteiger charge is -2.24. The molecule has 0 aromatic carbocycles.